The Bertz CT molecular complexity index is 3980. The third-order valence-electron chi connectivity index (χ3n) is 12.4. The summed E-state index contributed by atoms with van der Waals surface area (Å²) in [5.74, 6) is 1.55. The lowest BCUT2D eigenvalue weighted by atomic mass is 10.0. The van der Waals surface area contributed by atoms with Crippen molar-refractivity contribution in [3.8, 4) is 22.9 Å². The Morgan fingerprint density at radius 2 is 0.948 bits per heavy atom. The van der Waals surface area contributed by atoms with E-state index in [2.05, 4.69) is 189 Å². The average Bonchev–Trinajstić information content (AvgIpc) is 4.08. The first-order valence-electron chi connectivity index (χ1n) is 19.7. The minimum absolute atomic E-state index is 0.665. The highest BCUT2D eigenvalue weighted by Gasteiger charge is 2.27. The molecule has 0 amide bonds. The van der Waals surface area contributed by atoms with Crippen LogP contribution in [0.3, 0.4) is 0 Å². The van der Waals surface area contributed by atoms with Gasteiger partial charge >= 0.3 is 0 Å². The molecule has 0 aliphatic rings. The van der Waals surface area contributed by atoms with Crippen molar-refractivity contribution in [1.82, 2.24) is 23.5 Å². The van der Waals surface area contributed by atoms with Gasteiger partial charge in [0.15, 0.2) is 5.82 Å². The second-order valence-electron chi connectivity index (χ2n) is 15.3. The molecule has 6 heterocycles. The Morgan fingerprint density at radius 1 is 0.362 bits per heavy atom. The predicted molar refractivity (Wildman–Crippen MR) is 244 cm³/mol. The van der Waals surface area contributed by atoms with E-state index in [-0.39, 0.29) is 0 Å². The van der Waals surface area contributed by atoms with Gasteiger partial charge in [0.1, 0.15) is 4.83 Å². The minimum atomic E-state index is 0.665. The number of rotatable bonds is 3. The number of thiophene rings is 1. The van der Waals surface area contributed by atoms with E-state index in [0.717, 1.165) is 38.1 Å². The summed E-state index contributed by atoms with van der Waals surface area (Å²) in [5, 5.41) is 12.1. The van der Waals surface area contributed by atoms with E-state index < -0.39 is 0 Å². The molecule has 58 heavy (non-hydrogen) atoms. The lowest BCUT2D eigenvalue weighted by molar-refractivity contribution is 0.977. The molecule has 0 aliphatic carbocycles. The van der Waals surface area contributed by atoms with E-state index in [1.54, 1.807) is 11.3 Å². The summed E-state index contributed by atoms with van der Waals surface area (Å²) in [6, 6.07) is 63.8. The molecule has 6 aromatic heterocycles. The molecule has 14 aromatic rings. The van der Waals surface area contributed by atoms with Gasteiger partial charge in [-0.2, -0.15) is 4.98 Å². The number of hydrogen-bond donors (Lipinski definition) is 0. The third-order valence-corrected chi connectivity index (χ3v) is 13.5. The normalized spacial score (nSPS) is 12.5. The van der Waals surface area contributed by atoms with Crippen molar-refractivity contribution in [2.75, 3.05) is 0 Å². The van der Waals surface area contributed by atoms with Crippen LogP contribution in [0.1, 0.15) is 0 Å². The number of hydrogen-bond acceptors (Lipinski definition) is 3. The maximum Gasteiger partial charge on any atom is 0.238 e. The third kappa shape index (κ3) is 3.85. The predicted octanol–water partition coefficient (Wildman–Crippen LogP) is 13.9. The fraction of sp³-hybridized carbons (Fsp3) is 0. The maximum absolute atomic E-state index is 5.71. The standard InChI is InChI=1S/C52H29N5S/c1-2-14-30(15-3-1)31-26-27-34-38-29-44-46(47-36-19-7-11-23-41(36)55(49(38)47)43(34)28-31)35-18-6-12-24-42(35)56(44)50-48-37-20-8-13-25-45(37)58-51(48)54-52(53-50)57-39-21-9-4-16-32(39)33-17-5-10-22-40(33)57/h1-29H. The Morgan fingerprint density at radius 3 is 1.69 bits per heavy atom. The monoisotopic (exact) mass is 755 g/mol. The van der Waals surface area contributed by atoms with Crippen molar-refractivity contribution in [2.45, 2.75) is 0 Å². The zero-order valence-electron chi connectivity index (χ0n) is 30.9. The van der Waals surface area contributed by atoms with Crippen LogP contribution in [-0.2, 0) is 0 Å². The molecular weight excluding hydrogens is 727 g/mol. The fourth-order valence-corrected chi connectivity index (χ4v) is 11.1. The quantitative estimate of drug-likeness (QED) is 0.180. The smallest absolute Gasteiger partial charge is 0.238 e. The van der Waals surface area contributed by atoms with E-state index in [1.165, 1.54) is 80.9 Å². The van der Waals surface area contributed by atoms with Gasteiger partial charge in [0.25, 0.3) is 0 Å². The molecule has 268 valence electrons. The Kier molecular flexibility index (Phi) is 5.85. The van der Waals surface area contributed by atoms with Gasteiger partial charge in [-0.15, -0.1) is 11.3 Å². The van der Waals surface area contributed by atoms with Crippen LogP contribution in [-0.4, -0.2) is 23.5 Å². The lowest BCUT2D eigenvalue weighted by Gasteiger charge is -2.13. The first-order valence-corrected chi connectivity index (χ1v) is 20.5. The molecule has 0 bridgehead atoms. The summed E-state index contributed by atoms with van der Waals surface area (Å²) >= 11 is 1.74. The number of nitrogens with zero attached hydrogens (tertiary/aromatic N) is 5. The molecule has 0 N–H and O–H groups in total. The van der Waals surface area contributed by atoms with Crippen molar-refractivity contribution in [3.05, 3.63) is 176 Å². The summed E-state index contributed by atoms with van der Waals surface area (Å²) in [7, 11) is 0. The molecule has 0 spiro atoms. The Balaban J connectivity index is 1.18. The van der Waals surface area contributed by atoms with Gasteiger partial charge in [0.05, 0.1) is 44.0 Å². The van der Waals surface area contributed by atoms with Gasteiger partial charge in [-0.25, -0.2) is 4.98 Å². The molecule has 0 aliphatic heterocycles. The molecular formula is C52H29N5S. The summed E-state index contributed by atoms with van der Waals surface area (Å²) in [4.78, 5) is 12.1. The second kappa shape index (κ2) is 11.1. The Labute approximate surface area is 334 Å². The van der Waals surface area contributed by atoms with Crippen LogP contribution in [0.15, 0.2) is 176 Å². The summed E-state index contributed by atoms with van der Waals surface area (Å²) in [6.45, 7) is 0. The van der Waals surface area contributed by atoms with Crippen LogP contribution >= 0.6 is 11.3 Å². The topological polar surface area (TPSA) is 40.0 Å². The van der Waals surface area contributed by atoms with Gasteiger partial charge in [-0.3, -0.25) is 9.13 Å². The fourth-order valence-electron chi connectivity index (χ4n) is 10.0. The highest BCUT2D eigenvalue weighted by molar-refractivity contribution is 7.25. The second-order valence-corrected chi connectivity index (χ2v) is 16.4. The van der Waals surface area contributed by atoms with Crippen molar-refractivity contribution in [1.29, 1.82) is 0 Å². The minimum Gasteiger partial charge on any atom is -0.308 e. The van der Waals surface area contributed by atoms with Crippen LogP contribution in [0, 0.1) is 0 Å². The molecule has 14 rings (SSSR count). The van der Waals surface area contributed by atoms with Crippen molar-refractivity contribution in [2.24, 2.45) is 0 Å². The van der Waals surface area contributed by atoms with Crippen molar-refractivity contribution in [3.63, 3.8) is 0 Å². The largest absolute Gasteiger partial charge is 0.308 e. The SMILES string of the molecule is c1ccc(-c2ccc3c4cc5c(c6ccccc6n5-c5nc(-n6c7ccccc7c7ccccc76)nc6sc7ccccc7c56)c5c6ccccc6n(c3c2)c45)cc1. The zero-order valence-corrected chi connectivity index (χ0v) is 31.7. The van der Waals surface area contributed by atoms with Crippen LogP contribution < -0.4 is 0 Å². The highest BCUT2D eigenvalue weighted by atomic mass is 32.1. The van der Waals surface area contributed by atoms with Crippen LogP contribution in [0.2, 0.25) is 0 Å². The number of aromatic nitrogens is 5. The number of para-hydroxylation sites is 4. The molecule has 5 nitrogen and oxygen atoms in total. The van der Waals surface area contributed by atoms with Crippen LogP contribution in [0.4, 0.5) is 0 Å². The summed E-state index contributed by atoms with van der Waals surface area (Å²) in [5.41, 5.74) is 10.6. The molecule has 0 radical (unpaired) electrons. The van der Waals surface area contributed by atoms with E-state index in [0.29, 0.717) is 5.95 Å². The van der Waals surface area contributed by atoms with Gasteiger partial charge in [0, 0.05) is 53.2 Å². The van der Waals surface area contributed by atoms with Gasteiger partial charge < -0.3 is 4.40 Å². The molecule has 6 heteroatoms. The van der Waals surface area contributed by atoms with Gasteiger partial charge in [0.2, 0.25) is 5.95 Å². The maximum atomic E-state index is 5.71. The van der Waals surface area contributed by atoms with Crippen molar-refractivity contribution < 1.29 is 0 Å². The van der Waals surface area contributed by atoms with E-state index in [9.17, 15) is 0 Å². The van der Waals surface area contributed by atoms with Gasteiger partial charge in [-0.05, 0) is 53.6 Å². The first-order chi connectivity index (χ1) is 28.8. The van der Waals surface area contributed by atoms with Gasteiger partial charge in [-0.1, -0.05) is 133 Å². The van der Waals surface area contributed by atoms with Crippen molar-refractivity contribution >= 4 is 113 Å². The molecule has 8 aromatic carbocycles. The molecule has 0 atom stereocenters. The molecule has 0 saturated carbocycles. The van der Waals surface area contributed by atoms with E-state index in [4.69, 9.17) is 9.97 Å². The number of benzene rings is 8. The number of fused-ring (bicyclic) bond motifs is 16. The zero-order chi connectivity index (χ0) is 37.6. The summed E-state index contributed by atoms with van der Waals surface area (Å²) in [6.07, 6.45) is 0. The first kappa shape index (κ1) is 30.7. The van der Waals surface area contributed by atoms with E-state index in [1.807, 2.05) is 0 Å². The van der Waals surface area contributed by atoms with Crippen LogP contribution in [0.25, 0.3) is 125 Å². The van der Waals surface area contributed by atoms with E-state index >= 15 is 0 Å². The molecule has 0 saturated heterocycles. The lowest BCUT2D eigenvalue weighted by Crippen LogP contribution is -2.06. The Hall–Kier alpha value is -7.54. The summed E-state index contributed by atoms with van der Waals surface area (Å²) < 4.78 is 8.38. The van der Waals surface area contributed by atoms with Crippen LogP contribution in [0.5, 0.6) is 0 Å². The molecule has 0 unspecified atom stereocenters. The average molecular weight is 756 g/mol. The highest BCUT2D eigenvalue weighted by Crippen LogP contribution is 2.48. The molecule has 0 fully saturated rings.